The first-order valence-electron chi connectivity index (χ1n) is 6.46. The molecule has 20 heavy (non-hydrogen) atoms. The normalized spacial score (nSPS) is 11.6. The first-order chi connectivity index (χ1) is 9.51. The van der Waals surface area contributed by atoms with Crippen molar-refractivity contribution in [3.63, 3.8) is 0 Å². The Morgan fingerprint density at radius 2 is 2.15 bits per heavy atom. The summed E-state index contributed by atoms with van der Waals surface area (Å²) in [6.07, 6.45) is 0. The third kappa shape index (κ3) is 3.48. The molecule has 2 aromatic rings. The molecule has 0 radical (unpaired) electrons. The number of ether oxygens (including phenoxy) is 2. The van der Waals surface area contributed by atoms with Crippen LogP contribution in [-0.2, 0) is 16.9 Å². The van der Waals surface area contributed by atoms with Gasteiger partial charge in [0.05, 0.1) is 0 Å². The fraction of sp³-hybridized carbons (Fsp3) is 0.429. The standard InChI is InChI=1S/C14H19N3O3/c1-4-19-14(2,3)13-16-12(20-17-13)9-18-11-7-5-6-10(15)8-11/h5-8H,4,9,15H2,1-3H3. The molecule has 0 aliphatic heterocycles. The minimum atomic E-state index is -0.576. The van der Waals surface area contributed by atoms with Crippen molar-refractivity contribution < 1.29 is 14.0 Å². The van der Waals surface area contributed by atoms with E-state index in [9.17, 15) is 0 Å². The van der Waals surface area contributed by atoms with Crippen LogP contribution < -0.4 is 10.5 Å². The van der Waals surface area contributed by atoms with Gasteiger partial charge in [-0.15, -0.1) is 0 Å². The summed E-state index contributed by atoms with van der Waals surface area (Å²) in [5, 5.41) is 3.92. The summed E-state index contributed by atoms with van der Waals surface area (Å²) in [6, 6.07) is 7.17. The molecular formula is C14H19N3O3. The summed E-state index contributed by atoms with van der Waals surface area (Å²) in [6.45, 7) is 6.48. The highest BCUT2D eigenvalue weighted by Gasteiger charge is 2.27. The lowest BCUT2D eigenvalue weighted by atomic mass is 10.1. The van der Waals surface area contributed by atoms with Crippen molar-refractivity contribution in [2.45, 2.75) is 33.0 Å². The largest absolute Gasteiger partial charge is 0.484 e. The third-order valence-electron chi connectivity index (χ3n) is 2.73. The van der Waals surface area contributed by atoms with Crippen molar-refractivity contribution in [1.82, 2.24) is 10.1 Å². The number of rotatable bonds is 6. The van der Waals surface area contributed by atoms with Crippen LogP contribution in [0.2, 0.25) is 0 Å². The maximum Gasteiger partial charge on any atom is 0.264 e. The fourth-order valence-corrected chi connectivity index (χ4v) is 1.73. The minimum Gasteiger partial charge on any atom is -0.484 e. The molecule has 1 heterocycles. The van der Waals surface area contributed by atoms with Gasteiger partial charge in [0.15, 0.2) is 6.61 Å². The SMILES string of the molecule is CCOC(C)(C)c1noc(COc2cccc(N)c2)n1. The van der Waals surface area contributed by atoms with Gasteiger partial charge in [-0.2, -0.15) is 4.98 Å². The average Bonchev–Trinajstić information content (AvgIpc) is 2.86. The van der Waals surface area contributed by atoms with Crippen molar-refractivity contribution in [2.75, 3.05) is 12.3 Å². The quantitative estimate of drug-likeness (QED) is 0.817. The topological polar surface area (TPSA) is 83.4 Å². The molecule has 0 atom stereocenters. The molecule has 0 aliphatic carbocycles. The lowest BCUT2D eigenvalue weighted by Gasteiger charge is -2.19. The van der Waals surface area contributed by atoms with Gasteiger partial charge in [0, 0.05) is 18.4 Å². The monoisotopic (exact) mass is 277 g/mol. The molecule has 108 valence electrons. The van der Waals surface area contributed by atoms with Gasteiger partial charge in [-0.05, 0) is 32.9 Å². The highest BCUT2D eigenvalue weighted by Crippen LogP contribution is 2.22. The first-order valence-corrected chi connectivity index (χ1v) is 6.46. The van der Waals surface area contributed by atoms with E-state index in [2.05, 4.69) is 10.1 Å². The van der Waals surface area contributed by atoms with E-state index in [1.54, 1.807) is 12.1 Å². The van der Waals surface area contributed by atoms with Crippen LogP contribution in [-0.4, -0.2) is 16.7 Å². The van der Waals surface area contributed by atoms with E-state index in [4.69, 9.17) is 19.7 Å². The van der Waals surface area contributed by atoms with Crippen LogP contribution in [0.1, 0.15) is 32.5 Å². The lowest BCUT2D eigenvalue weighted by Crippen LogP contribution is -2.23. The molecule has 2 rings (SSSR count). The van der Waals surface area contributed by atoms with E-state index in [-0.39, 0.29) is 6.61 Å². The second kappa shape index (κ2) is 5.92. The predicted molar refractivity (Wildman–Crippen MR) is 74.1 cm³/mol. The first kappa shape index (κ1) is 14.3. The zero-order valence-corrected chi connectivity index (χ0v) is 11.9. The number of hydrogen-bond acceptors (Lipinski definition) is 6. The van der Waals surface area contributed by atoms with E-state index in [0.717, 1.165) is 0 Å². The highest BCUT2D eigenvalue weighted by molar-refractivity contribution is 5.43. The molecule has 1 aromatic heterocycles. The second-order valence-electron chi connectivity index (χ2n) is 4.82. The number of nitrogens with zero attached hydrogens (tertiary/aromatic N) is 2. The van der Waals surface area contributed by atoms with Crippen molar-refractivity contribution in [3.05, 3.63) is 36.0 Å². The van der Waals surface area contributed by atoms with Crippen LogP contribution >= 0.6 is 0 Å². The van der Waals surface area contributed by atoms with Gasteiger partial charge in [-0.3, -0.25) is 0 Å². The summed E-state index contributed by atoms with van der Waals surface area (Å²) in [5.74, 6) is 1.56. The van der Waals surface area contributed by atoms with Crippen LogP contribution in [0, 0.1) is 0 Å². The maximum atomic E-state index is 5.67. The van der Waals surface area contributed by atoms with Crippen molar-refractivity contribution in [3.8, 4) is 5.75 Å². The van der Waals surface area contributed by atoms with E-state index >= 15 is 0 Å². The fourth-order valence-electron chi connectivity index (χ4n) is 1.73. The van der Waals surface area contributed by atoms with Gasteiger partial charge < -0.3 is 19.7 Å². The smallest absolute Gasteiger partial charge is 0.264 e. The molecule has 0 amide bonds. The van der Waals surface area contributed by atoms with Gasteiger partial charge in [-0.1, -0.05) is 11.2 Å². The van der Waals surface area contributed by atoms with Crippen molar-refractivity contribution in [2.24, 2.45) is 0 Å². The molecule has 0 unspecified atom stereocenters. The molecule has 1 aromatic carbocycles. The Hall–Kier alpha value is -2.08. The molecule has 0 bridgehead atoms. The number of nitrogen functional groups attached to an aromatic ring is 1. The van der Waals surface area contributed by atoms with Crippen LogP contribution in [0.3, 0.4) is 0 Å². The Labute approximate surface area is 117 Å². The summed E-state index contributed by atoms with van der Waals surface area (Å²) in [7, 11) is 0. The summed E-state index contributed by atoms with van der Waals surface area (Å²) >= 11 is 0. The molecule has 0 fully saturated rings. The van der Waals surface area contributed by atoms with Crippen LogP contribution in [0.4, 0.5) is 5.69 Å². The Morgan fingerprint density at radius 3 is 2.85 bits per heavy atom. The Balaban J connectivity index is 2.00. The van der Waals surface area contributed by atoms with Gasteiger partial charge in [0.2, 0.25) is 5.82 Å². The second-order valence-corrected chi connectivity index (χ2v) is 4.82. The average molecular weight is 277 g/mol. The maximum absolute atomic E-state index is 5.67. The van der Waals surface area contributed by atoms with Gasteiger partial charge >= 0.3 is 0 Å². The van der Waals surface area contributed by atoms with Crippen molar-refractivity contribution >= 4 is 5.69 Å². The highest BCUT2D eigenvalue weighted by atomic mass is 16.5. The predicted octanol–water partition coefficient (Wildman–Crippen LogP) is 2.50. The van der Waals surface area contributed by atoms with Crippen LogP contribution in [0.15, 0.2) is 28.8 Å². The Morgan fingerprint density at radius 1 is 1.35 bits per heavy atom. The van der Waals surface area contributed by atoms with E-state index in [0.29, 0.717) is 29.8 Å². The summed E-state index contributed by atoms with van der Waals surface area (Å²) < 4.78 is 16.3. The number of hydrogen-bond donors (Lipinski definition) is 1. The van der Waals surface area contributed by atoms with Gasteiger partial charge in [0.25, 0.3) is 5.89 Å². The molecule has 0 spiro atoms. The molecule has 2 N–H and O–H groups in total. The molecule has 6 heteroatoms. The van der Waals surface area contributed by atoms with Gasteiger partial charge in [-0.25, -0.2) is 0 Å². The minimum absolute atomic E-state index is 0.193. The van der Waals surface area contributed by atoms with E-state index < -0.39 is 5.60 Å². The third-order valence-corrected chi connectivity index (χ3v) is 2.73. The van der Waals surface area contributed by atoms with Crippen LogP contribution in [0.25, 0.3) is 0 Å². The molecule has 0 saturated carbocycles. The molecular weight excluding hydrogens is 258 g/mol. The number of nitrogens with two attached hydrogens (primary N) is 1. The zero-order chi connectivity index (χ0) is 14.6. The Kier molecular flexibility index (Phi) is 4.24. The lowest BCUT2D eigenvalue weighted by molar-refractivity contribution is -0.0221. The van der Waals surface area contributed by atoms with Gasteiger partial charge in [0.1, 0.15) is 11.4 Å². The van der Waals surface area contributed by atoms with Crippen molar-refractivity contribution in [1.29, 1.82) is 0 Å². The number of benzene rings is 1. The molecule has 6 nitrogen and oxygen atoms in total. The van der Waals surface area contributed by atoms with E-state index in [1.165, 1.54) is 0 Å². The summed E-state index contributed by atoms with van der Waals surface area (Å²) in [4.78, 5) is 4.28. The zero-order valence-electron chi connectivity index (χ0n) is 11.9. The van der Waals surface area contributed by atoms with Crippen LogP contribution in [0.5, 0.6) is 5.75 Å². The molecule has 0 saturated heterocycles. The Bertz CT molecular complexity index is 566. The molecule has 0 aliphatic rings. The number of anilines is 1. The number of aromatic nitrogens is 2. The van der Waals surface area contributed by atoms with E-state index in [1.807, 2.05) is 32.9 Å². The summed E-state index contributed by atoms with van der Waals surface area (Å²) in [5.41, 5.74) is 5.74.